The molecule has 0 heterocycles. The predicted molar refractivity (Wildman–Crippen MR) is 133 cm³/mol. The van der Waals surface area contributed by atoms with E-state index in [1.54, 1.807) is 6.08 Å². The van der Waals surface area contributed by atoms with Gasteiger partial charge >= 0.3 is 0 Å². The third-order valence-electron chi connectivity index (χ3n) is 4.79. The molecule has 0 bridgehead atoms. The van der Waals surface area contributed by atoms with Crippen molar-refractivity contribution in [3.05, 3.63) is 97.6 Å². The first-order valence-corrected chi connectivity index (χ1v) is 10.9. The van der Waals surface area contributed by atoms with Crippen LogP contribution in [0, 0.1) is 35.7 Å². The summed E-state index contributed by atoms with van der Waals surface area (Å²) in [7, 11) is 0. The highest BCUT2D eigenvalue weighted by atomic mass is 127. The lowest BCUT2D eigenvalue weighted by molar-refractivity contribution is -0.112. The number of nitrogens with zero attached hydrogens (tertiary/aromatic N) is 1. The molecule has 3 aromatic carbocycles. The van der Waals surface area contributed by atoms with Crippen LogP contribution >= 0.6 is 22.6 Å². The highest BCUT2D eigenvalue weighted by Crippen LogP contribution is 2.25. The Hall–Kier alpha value is -3.11. The minimum Gasteiger partial charge on any atom is -0.488 e. The SMILES string of the molecule is Cc1ccc(COc2ccc(/C=C(\C#N)C(=O)Nc3cc(C)ccc3C)cc2I)cc1. The van der Waals surface area contributed by atoms with Crippen molar-refractivity contribution in [2.24, 2.45) is 0 Å². The van der Waals surface area contributed by atoms with Gasteiger partial charge < -0.3 is 10.1 Å². The Bertz CT molecular complexity index is 1180. The Morgan fingerprint density at radius 2 is 1.74 bits per heavy atom. The first-order valence-electron chi connectivity index (χ1n) is 9.84. The van der Waals surface area contributed by atoms with Gasteiger partial charge in [-0.15, -0.1) is 0 Å². The predicted octanol–water partition coefficient (Wildman–Crippen LogP) is 6.34. The van der Waals surface area contributed by atoms with E-state index in [0.29, 0.717) is 12.3 Å². The topological polar surface area (TPSA) is 62.1 Å². The number of benzene rings is 3. The first kappa shape index (κ1) is 22.6. The van der Waals surface area contributed by atoms with E-state index in [1.807, 2.05) is 68.4 Å². The maximum atomic E-state index is 12.6. The third kappa shape index (κ3) is 6.19. The molecule has 0 aliphatic carbocycles. The number of carbonyl (C=O) groups is 1. The maximum absolute atomic E-state index is 12.6. The van der Waals surface area contributed by atoms with Crippen LogP contribution in [0.5, 0.6) is 5.75 Å². The fourth-order valence-corrected chi connectivity index (χ4v) is 3.64. The highest BCUT2D eigenvalue weighted by Gasteiger charge is 2.12. The molecule has 0 aliphatic heterocycles. The average molecular weight is 522 g/mol. The molecule has 0 fully saturated rings. The molecule has 1 amide bonds. The number of hydrogen-bond acceptors (Lipinski definition) is 3. The van der Waals surface area contributed by atoms with Crippen LogP contribution in [-0.4, -0.2) is 5.91 Å². The summed E-state index contributed by atoms with van der Waals surface area (Å²) < 4.78 is 6.84. The summed E-state index contributed by atoms with van der Waals surface area (Å²) in [5.74, 6) is 0.336. The number of aryl methyl sites for hydroxylation is 3. The lowest BCUT2D eigenvalue weighted by Crippen LogP contribution is -2.14. The summed E-state index contributed by atoms with van der Waals surface area (Å²) in [6.07, 6.45) is 1.59. The van der Waals surface area contributed by atoms with Crippen LogP contribution in [-0.2, 0) is 11.4 Å². The van der Waals surface area contributed by atoms with Crippen molar-refractivity contribution in [2.75, 3.05) is 5.32 Å². The lowest BCUT2D eigenvalue weighted by Gasteiger charge is -2.10. The van der Waals surface area contributed by atoms with E-state index in [9.17, 15) is 10.1 Å². The molecule has 0 aliphatic rings. The van der Waals surface area contributed by atoms with E-state index in [2.05, 4.69) is 47.0 Å². The Kier molecular flexibility index (Phi) is 7.48. The van der Waals surface area contributed by atoms with Crippen LogP contribution in [0.15, 0.2) is 66.2 Å². The molecule has 0 unspecified atom stereocenters. The Morgan fingerprint density at radius 3 is 2.42 bits per heavy atom. The van der Waals surface area contributed by atoms with Gasteiger partial charge in [-0.25, -0.2) is 0 Å². The summed E-state index contributed by atoms with van der Waals surface area (Å²) in [6.45, 7) is 6.41. The van der Waals surface area contributed by atoms with Gasteiger partial charge in [0.2, 0.25) is 0 Å². The van der Waals surface area contributed by atoms with Gasteiger partial charge in [0.05, 0.1) is 3.57 Å². The number of carbonyl (C=O) groups excluding carboxylic acids is 1. The van der Waals surface area contributed by atoms with Gasteiger partial charge in [0, 0.05) is 5.69 Å². The number of amides is 1. The molecule has 1 N–H and O–H groups in total. The van der Waals surface area contributed by atoms with Crippen LogP contribution < -0.4 is 10.1 Å². The molecule has 0 saturated carbocycles. The maximum Gasteiger partial charge on any atom is 0.266 e. The second-order valence-electron chi connectivity index (χ2n) is 7.41. The monoisotopic (exact) mass is 522 g/mol. The molecular weight excluding hydrogens is 499 g/mol. The van der Waals surface area contributed by atoms with Gasteiger partial charge in [0.1, 0.15) is 24.0 Å². The molecule has 3 aromatic rings. The normalized spacial score (nSPS) is 11.0. The number of nitriles is 1. The standard InChI is InChI=1S/C26H23IN2O2/c1-17-5-8-20(9-6-17)16-31-25-11-10-21(14-23(25)27)13-22(15-28)26(30)29-24-12-18(2)4-7-19(24)3/h4-14H,16H2,1-3H3,(H,29,30)/b22-13+. The minimum atomic E-state index is -0.425. The van der Waals surface area contributed by atoms with E-state index in [4.69, 9.17) is 4.74 Å². The molecule has 0 aromatic heterocycles. The van der Waals surface area contributed by atoms with E-state index >= 15 is 0 Å². The second kappa shape index (κ2) is 10.3. The van der Waals surface area contributed by atoms with Gasteiger partial charge in [0.15, 0.2) is 0 Å². The summed E-state index contributed by atoms with van der Waals surface area (Å²) in [5.41, 5.74) is 5.81. The zero-order valence-corrected chi connectivity index (χ0v) is 19.9. The summed E-state index contributed by atoms with van der Waals surface area (Å²) in [6, 6.07) is 21.6. The largest absolute Gasteiger partial charge is 0.488 e. The number of ether oxygens (including phenoxy) is 1. The molecule has 4 nitrogen and oxygen atoms in total. The average Bonchev–Trinajstić information content (AvgIpc) is 2.75. The van der Waals surface area contributed by atoms with E-state index in [0.717, 1.165) is 31.6 Å². The molecule has 5 heteroatoms. The fraction of sp³-hybridized carbons (Fsp3) is 0.154. The van der Waals surface area contributed by atoms with Crippen molar-refractivity contribution in [3.8, 4) is 11.8 Å². The van der Waals surface area contributed by atoms with Crippen molar-refractivity contribution in [2.45, 2.75) is 27.4 Å². The van der Waals surface area contributed by atoms with Crippen LogP contribution in [0.2, 0.25) is 0 Å². The number of halogens is 1. The number of anilines is 1. The van der Waals surface area contributed by atoms with Gasteiger partial charge in [-0.2, -0.15) is 5.26 Å². The van der Waals surface area contributed by atoms with Gasteiger partial charge in [-0.3, -0.25) is 4.79 Å². The molecule has 3 rings (SSSR count). The summed E-state index contributed by atoms with van der Waals surface area (Å²) >= 11 is 2.20. The number of hydrogen-bond donors (Lipinski definition) is 1. The number of rotatable bonds is 6. The second-order valence-corrected chi connectivity index (χ2v) is 8.57. The lowest BCUT2D eigenvalue weighted by atomic mass is 10.1. The van der Waals surface area contributed by atoms with Crippen molar-refractivity contribution in [3.63, 3.8) is 0 Å². The van der Waals surface area contributed by atoms with Crippen LogP contribution in [0.4, 0.5) is 5.69 Å². The first-order chi connectivity index (χ1) is 14.9. The summed E-state index contributed by atoms with van der Waals surface area (Å²) in [4.78, 5) is 12.6. The quantitative estimate of drug-likeness (QED) is 0.234. The van der Waals surface area contributed by atoms with Gasteiger partial charge in [0.25, 0.3) is 5.91 Å². The molecule has 0 atom stereocenters. The molecule has 0 radical (unpaired) electrons. The van der Waals surface area contributed by atoms with Crippen LogP contribution in [0.3, 0.4) is 0 Å². The van der Waals surface area contributed by atoms with Gasteiger partial charge in [-0.1, -0.05) is 48.0 Å². The highest BCUT2D eigenvalue weighted by molar-refractivity contribution is 14.1. The van der Waals surface area contributed by atoms with E-state index < -0.39 is 5.91 Å². The molecule has 0 saturated heterocycles. The van der Waals surface area contributed by atoms with E-state index in [1.165, 1.54) is 5.56 Å². The molecule has 156 valence electrons. The van der Waals surface area contributed by atoms with Crippen molar-refractivity contribution >= 4 is 40.3 Å². The van der Waals surface area contributed by atoms with E-state index in [-0.39, 0.29) is 5.57 Å². The smallest absolute Gasteiger partial charge is 0.266 e. The Morgan fingerprint density at radius 1 is 1.03 bits per heavy atom. The Balaban J connectivity index is 1.72. The zero-order valence-electron chi connectivity index (χ0n) is 17.7. The minimum absolute atomic E-state index is 0.0463. The number of nitrogens with one attached hydrogen (secondary N) is 1. The molecular formula is C26H23IN2O2. The molecule has 31 heavy (non-hydrogen) atoms. The van der Waals surface area contributed by atoms with Crippen LogP contribution in [0.1, 0.15) is 27.8 Å². The zero-order chi connectivity index (χ0) is 22.4. The van der Waals surface area contributed by atoms with Crippen molar-refractivity contribution in [1.82, 2.24) is 0 Å². The van der Waals surface area contributed by atoms with Crippen LogP contribution in [0.25, 0.3) is 6.08 Å². The van der Waals surface area contributed by atoms with Gasteiger partial charge in [-0.05, 0) is 89.9 Å². The summed E-state index contributed by atoms with van der Waals surface area (Å²) in [5, 5.41) is 12.3. The van der Waals surface area contributed by atoms with Crippen molar-refractivity contribution in [1.29, 1.82) is 5.26 Å². The van der Waals surface area contributed by atoms with Crippen molar-refractivity contribution < 1.29 is 9.53 Å². The fourth-order valence-electron chi connectivity index (χ4n) is 2.94. The molecule has 0 spiro atoms. The third-order valence-corrected chi connectivity index (χ3v) is 5.63. The Labute approximate surface area is 196 Å².